The third-order valence-corrected chi connectivity index (χ3v) is 5.43. The van der Waals surface area contributed by atoms with Gasteiger partial charge in [0.25, 0.3) is 11.6 Å². The predicted octanol–water partition coefficient (Wildman–Crippen LogP) is 1.04. The summed E-state index contributed by atoms with van der Waals surface area (Å²) < 4.78 is 10.6. The zero-order valence-corrected chi connectivity index (χ0v) is 22.1. The molecule has 0 spiro atoms. The number of nitro benzene ring substituents is 1. The number of esters is 2. The lowest BCUT2D eigenvalue weighted by molar-refractivity contribution is -0.385. The molecule has 1 fully saturated rings. The van der Waals surface area contributed by atoms with Crippen LogP contribution in [0.4, 0.5) is 5.69 Å². The summed E-state index contributed by atoms with van der Waals surface area (Å²) >= 11 is 0. The first-order valence-electron chi connectivity index (χ1n) is 11.8. The number of nitro groups is 1. The number of ether oxygens (including phenoxy) is 2. The normalized spacial score (nSPS) is 15.3. The van der Waals surface area contributed by atoms with E-state index in [2.05, 4.69) is 0 Å². The van der Waals surface area contributed by atoms with Crippen LogP contribution in [0.5, 0.6) is 0 Å². The van der Waals surface area contributed by atoms with Crippen LogP contribution in [-0.2, 0) is 41.8 Å². The lowest BCUT2D eigenvalue weighted by atomic mass is 10.00. The molecule has 0 bridgehead atoms. The molecule has 0 aromatic heterocycles. The Labute approximate surface area is 215 Å². The fourth-order valence-corrected chi connectivity index (χ4v) is 3.72. The van der Waals surface area contributed by atoms with Gasteiger partial charge in [-0.3, -0.25) is 24.6 Å². The highest BCUT2D eigenvalue weighted by Gasteiger charge is 2.61. The van der Waals surface area contributed by atoms with Gasteiger partial charge in [0.15, 0.2) is 0 Å². The number of hydrogen-bond acceptors (Lipinski definition) is 11. The van der Waals surface area contributed by atoms with E-state index in [1.165, 1.54) is 17.0 Å². The highest BCUT2D eigenvalue weighted by Crippen LogP contribution is 2.26. The van der Waals surface area contributed by atoms with E-state index in [1.807, 2.05) is 4.90 Å². The number of piperazine rings is 1. The molecule has 37 heavy (non-hydrogen) atoms. The quantitative estimate of drug-likeness (QED) is 0.215. The maximum Gasteiger partial charge on any atom is 0.363 e. The number of nitrogens with two attached hydrogens (primary N) is 1. The Bertz CT molecular complexity index is 994. The Morgan fingerprint density at radius 3 is 1.92 bits per heavy atom. The number of hydrogen-bond donors (Lipinski definition) is 2. The second-order valence-corrected chi connectivity index (χ2v) is 10.7. The first-order chi connectivity index (χ1) is 17.0. The molecule has 1 amide bonds. The predicted molar refractivity (Wildman–Crippen MR) is 131 cm³/mol. The molecule has 1 aromatic rings. The smallest absolute Gasteiger partial charge is 0.363 e. The van der Waals surface area contributed by atoms with E-state index in [1.54, 1.807) is 47.6 Å². The minimum Gasteiger partial charge on any atom is -0.457 e. The van der Waals surface area contributed by atoms with Gasteiger partial charge in [0.05, 0.1) is 11.5 Å². The fraction of sp³-hybridized carbons (Fsp3) is 0.625. The zero-order valence-electron chi connectivity index (χ0n) is 22.1. The van der Waals surface area contributed by atoms with Crippen LogP contribution < -0.4 is 5.90 Å². The molecule has 0 atom stereocenters. The third kappa shape index (κ3) is 7.44. The number of rotatable bonds is 8. The standard InChI is InChI=1S/C24H36N4O9/c1-22(2,3)35-20(31)24(37-25,21(32)36-23(4,5)6)19(30)27-11-9-26(10-12-27)14-17-13-16(15-29)7-8-18(17)28(33)34/h7-8,13,29H,9-12,14-15,25H2,1-6H3. The summed E-state index contributed by atoms with van der Waals surface area (Å²) in [5, 5.41) is 20.8. The van der Waals surface area contributed by atoms with Gasteiger partial charge >= 0.3 is 17.5 Å². The molecule has 2 rings (SSSR count). The third-order valence-electron chi connectivity index (χ3n) is 5.43. The van der Waals surface area contributed by atoms with E-state index in [0.29, 0.717) is 11.1 Å². The largest absolute Gasteiger partial charge is 0.457 e. The van der Waals surface area contributed by atoms with Crippen LogP contribution in [0, 0.1) is 10.1 Å². The molecule has 1 aromatic carbocycles. The molecular weight excluding hydrogens is 488 g/mol. The number of aliphatic hydroxyl groups is 1. The zero-order chi connectivity index (χ0) is 28.2. The number of nitrogens with zero attached hydrogens (tertiary/aromatic N) is 3. The van der Waals surface area contributed by atoms with Crippen LogP contribution >= 0.6 is 0 Å². The molecule has 1 aliphatic rings. The molecule has 0 radical (unpaired) electrons. The van der Waals surface area contributed by atoms with E-state index in [4.69, 9.17) is 20.2 Å². The summed E-state index contributed by atoms with van der Waals surface area (Å²) in [6.07, 6.45) is 0. The number of carbonyl (C=O) groups is 3. The van der Waals surface area contributed by atoms with Crippen LogP contribution in [0.2, 0.25) is 0 Å². The van der Waals surface area contributed by atoms with Crippen molar-refractivity contribution >= 4 is 23.5 Å². The van der Waals surface area contributed by atoms with Gasteiger partial charge in [-0.15, -0.1) is 0 Å². The van der Waals surface area contributed by atoms with Crippen molar-refractivity contribution in [2.24, 2.45) is 5.90 Å². The minimum absolute atomic E-state index is 0.0724. The molecule has 1 saturated heterocycles. The van der Waals surface area contributed by atoms with Crippen molar-refractivity contribution < 1.29 is 38.7 Å². The van der Waals surface area contributed by atoms with E-state index in [-0.39, 0.29) is 45.0 Å². The lowest BCUT2D eigenvalue weighted by Gasteiger charge is -2.39. The van der Waals surface area contributed by atoms with Crippen LogP contribution in [-0.4, -0.2) is 80.7 Å². The van der Waals surface area contributed by atoms with Crippen molar-refractivity contribution in [3.63, 3.8) is 0 Å². The number of aliphatic hydroxyl groups excluding tert-OH is 1. The molecule has 1 aliphatic heterocycles. The van der Waals surface area contributed by atoms with Gasteiger partial charge < -0.3 is 19.5 Å². The second-order valence-electron chi connectivity index (χ2n) is 10.7. The van der Waals surface area contributed by atoms with Crippen LogP contribution in [0.25, 0.3) is 0 Å². The van der Waals surface area contributed by atoms with Gasteiger partial charge in [-0.25, -0.2) is 15.5 Å². The molecule has 0 aliphatic carbocycles. The molecule has 13 nitrogen and oxygen atoms in total. The number of benzene rings is 1. The van der Waals surface area contributed by atoms with Gasteiger partial charge in [-0.1, -0.05) is 0 Å². The summed E-state index contributed by atoms with van der Waals surface area (Å²) in [5.41, 5.74) is -4.11. The van der Waals surface area contributed by atoms with E-state index < -0.39 is 39.6 Å². The van der Waals surface area contributed by atoms with Crippen LogP contribution in [0.3, 0.4) is 0 Å². The Morgan fingerprint density at radius 2 is 1.51 bits per heavy atom. The molecule has 0 unspecified atom stereocenters. The van der Waals surface area contributed by atoms with E-state index in [0.717, 1.165) is 0 Å². The van der Waals surface area contributed by atoms with E-state index >= 15 is 0 Å². The summed E-state index contributed by atoms with van der Waals surface area (Å²) in [4.78, 5) is 58.7. The Balaban J connectivity index is 2.26. The highest BCUT2D eigenvalue weighted by atomic mass is 16.7. The Morgan fingerprint density at radius 1 is 1.00 bits per heavy atom. The van der Waals surface area contributed by atoms with Crippen molar-refractivity contribution in [2.75, 3.05) is 26.2 Å². The summed E-state index contributed by atoms with van der Waals surface area (Å²) in [6, 6.07) is 4.39. The monoisotopic (exact) mass is 524 g/mol. The van der Waals surface area contributed by atoms with Gasteiger partial charge in [-0.05, 0) is 59.2 Å². The fourth-order valence-electron chi connectivity index (χ4n) is 3.72. The minimum atomic E-state index is -2.86. The molecule has 3 N–H and O–H groups in total. The first-order valence-corrected chi connectivity index (χ1v) is 11.8. The van der Waals surface area contributed by atoms with Gasteiger partial charge in [0.2, 0.25) is 0 Å². The number of amides is 1. The lowest BCUT2D eigenvalue weighted by Crippen LogP contribution is -2.66. The maximum atomic E-state index is 13.6. The van der Waals surface area contributed by atoms with Crippen molar-refractivity contribution in [1.29, 1.82) is 0 Å². The molecule has 206 valence electrons. The van der Waals surface area contributed by atoms with Crippen molar-refractivity contribution in [3.8, 4) is 0 Å². The average molecular weight is 525 g/mol. The topological polar surface area (TPSA) is 175 Å². The Hall–Kier alpha value is -3.13. The summed E-state index contributed by atoms with van der Waals surface area (Å²) in [6.45, 7) is 10.0. The van der Waals surface area contributed by atoms with Crippen LogP contribution in [0.15, 0.2) is 18.2 Å². The summed E-state index contributed by atoms with van der Waals surface area (Å²) in [7, 11) is 0. The molecule has 1 heterocycles. The van der Waals surface area contributed by atoms with Crippen molar-refractivity contribution in [1.82, 2.24) is 9.80 Å². The first kappa shape index (κ1) is 30.1. The highest BCUT2D eigenvalue weighted by molar-refractivity contribution is 6.23. The molecule has 0 saturated carbocycles. The maximum absolute atomic E-state index is 13.6. The van der Waals surface area contributed by atoms with Crippen molar-refractivity contribution in [2.45, 2.75) is 71.5 Å². The average Bonchev–Trinajstić information content (AvgIpc) is 2.77. The molecular formula is C24H36N4O9. The van der Waals surface area contributed by atoms with Crippen LogP contribution in [0.1, 0.15) is 52.7 Å². The molecule has 13 heteroatoms. The Kier molecular flexibility index (Phi) is 9.36. The van der Waals surface area contributed by atoms with Gasteiger partial charge in [0.1, 0.15) is 11.2 Å². The van der Waals surface area contributed by atoms with E-state index in [9.17, 15) is 29.6 Å². The second kappa shape index (κ2) is 11.5. The summed E-state index contributed by atoms with van der Waals surface area (Å²) in [5.74, 6) is 1.81. The SMILES string of the molecule is CC(C)(C)OC(=O)C(ON)(C(=O)OC(C)(C)C)C(=O)N1CCN(Cc2cc(CO)ccc2[N+](=O)[O-])CC1. The van der Waals surface area contributed by atoms with Gasteiger partial charge in [0, 0.05) is 44.4 Å². The number of carbonyl (C=O) groups excluding carboxylic acids is 3. The van der Waals surface area contributed by atoms with Crippen molar-refractivity contribution in [3.05, 3.63) is 39.4 Å². The van der Waals surface area contributed by atoms with Gasteiger partial charge in [-0.2, -0.15) is 0 Å².